The van der Waals surface area contributed by atoms with Gasteiger partial charge in [-0.2, -0.15) is 0 Å². The maximum Gasteiger partial charge on any atom is 0.310 e. The third-order valence-corrected chi connectivity index (χ3v) is 1.74. The molecule has 0 radical (unpaired) electrons. The molecule has 0 aliphatic carbocycles. The second-order valence-corrected chi connectivity index (χ2v) is 2.66. The molecule has 0 unspecified atom stereocenters. The van der Waals surface area contributed by atoms with Crippen molar-refractivity contribution < 1.29 is 9.53 Å². The molecule has 0 aromatic heterocycles. The van der Waals surface area contributed by atoms with Crippen LogP contribution in [0.25, 0.3) is 0 Å². The van der Waals surface area contributed by atoms with Gasteiger partial charge in [-0.1, -0.05) is 24.3 Å². The summed E-state index contributed by atoms with van der Waals surface area (Å²) in [6.07, 6.45) is 0.411. The van der Waals surface area contributed by atoms with Crippen LogP contribution in [0.2, 0.25) is 0 Å². The fraction of sp³-hybridized carbons (Fsp3) is 0.222. The number of hydrogen-bond donors (Lipinski definition) is 0. The highest BCUT2D eigenvalue weighted by Crippen LogP contribution is 2.12. The average Bonchev–Trinajstić information content (AvgIpc) is 2.12. The number of cyclic esters (lactones) is 1. The van der Waals surface area contributed by atoms with Gasteiger partial charge in [0.1, 0.15) is 6.61 Å². The lowest BCUT2D eigenvalue weighted by atomic mass is 10.1. The number of rotatable bonds is 0. The van der Waals surface area contributed by atoms with E-state index in [9.17, 15) is 4.79 Å². The monoisotopic (exact) mass is 148 g/mol. The molecule has 11 heavy (non-hydrogen) atoms. The van der Waals surface area contributed by atoms with E-state index in [0.29, 0.717) is 13.0 Å². The van der Waals surface area contributed by atoms with E-state index in [2.05, 4.69) is 0 Å². The fourth-order valence-electron chi connectivity index (χ4n) is 1.21. The normalized spacial score (nSPS) is 15.5. The summed E-state index contributed by atoms with van der Waals surface area (Å²) in [6.45, 7) is 0.423. The van der Waals surface area contributed by atoms with Crippen molar-refractivity contribution in [3.8, 4) is 0 Å². The van der Waals surface area contributed by atoms with E-state index in [4.69, 9.17) is 4.74 Å². The first-order chi connectivity index (χ1) is 5.34. The van der Waals surface area contributed by atoms with Gasteiger partial charge in [0.25, 0.3) is 0 Å². The van der Waals surface area contributed by atoms with Crippen molar-refractivity contribution >= 4 is 5.97 Å². The van der Waals surface area contributed by atoms with Crippen molar-refractivity contribution in [3.05, 3.63) is 35.4 Å². The van der Waals surface area contributed by atoms with Crippen molar-refractivity contribution in [1.29, 1.82) is 0 Å². The van der Waals surface area contributed by atoms with E-state index in [1.54, 1.807) is 0 Å². The molecule has 0 amide bonds. The van der Waals surface area contributed by atoms with Gasteiger partial charge in [-0.3, -0.25) is 4.79 Å². The number of benzene rings is 1. The van der Waals surface area contributed by atoms with Gasteiger partial charge in [-0.15, -0.1) is 0 Å². The maximum absolute atomic E-state index is 10.9. The highest BCUT2D eigenvalue weighted by atomic mass is 16.5. The van der Waals surface area contributed by atoms with E-state index in [1.165, 1.54) is 0 Å². The Morgan fingerprint density at radius 2 is 2.09 bits per heavy atom. The molecule has 0 saturated heterocycles. The second-order valence-electron chi connectivity index (χ2n) is 2.66. The molecule has 0 saturated carbocycles. The van der Waals surface area contributed by atoms with E-state index >= 15 is 0 Å². The lowest BCUT2D eigenvalue weighted by Crippen LogP contribution is -2.03. The Hall–Kier alpha value is -1.31. The Balaban J connectivity index is 2.42. The predicted molar refractivity (Wildman–Crippen MR) is 39.9 cm³/mol. The van der Waals surface area contributed by atoms with Gasteiger partial charge < -0.3 is 4.74 Å². The molecule has 1 aromatic rings. The van der Waals surface area contributed by atoms with Crippen molar-refractivity contribution in [2.24, 2.45) is 0 Å². The number of carbonyl (C=O) groups is 1. The number of esters is 1. The van der Waals surface area contributed by atoms with Gasteiger partial charge in [0.15, 0.2) is 0 Å². The predicted octanol–water partition coefficient (Wildman–Crippen LogP) is 1.29. The molecule has 0 spiro atoms. The first-order valence-corrected chi connectivity index (χ1v) is 3.58. The van der Waals surface area contributed by atoms with Crippen LogP contribution in [0.3, 0.4) is 0 Å². The first-order valence-electron chi connectivity index (χ1n) is 3.58. The number of fused-ring (bicyclic) bond motifs is 2. The van der Waals surface area contributed by atoms with Gasteiger partial charge in [0.05, 0.1) is 6.42 Å². The van der Waals surface area contributed by atoms with Crippen molar-refractivity contribution in [3.63, 3.8) is 0 Å². The van der Waals surface area contributed by atoms with Crippen molar-refractivity contribution in [1.82, 2.24) is 0 Å². The van der Waals surface area contributed by atoms with Crippen LogP contribution in [0.15, 0.2) is 24.3 Å². The lowest BCUT2D eigenvalue weighted by molar-refractivity contribution is -0.143. The van der Waals surface area contributed by atoms with Crippen LogP contribution < -0.4 is 0 Å². The molecule has 0 fully saturated rings. The van der Waals surface area contributed by atoms with Crippen molar-refractivity contribution in [2.75, 3.05) is 0 Å². The third-order valence-electron chi connectivity index (χ3n) is 1.74. The summed E-state index contributed by atoms with van der Waals surface area (Å²) < 4.78 is 4.92. The smallest absolute Gasteiger partial charge is 0.310 e. The summed E-state index contributed by atoms with van der Waals surface area (Å²) >= 11 is 0. The van der Waals surface area contributed by atoms with Crippen LogP contribution in [-0.4, -0.2) is 5.97 Å². The molecule has 2 heteroatoms. The Labute approximate surface area is 64.8 Å². The van der Waals surface area contributed by atoms with Gasteiger partial charge in [-0.05, 0) is 11.1 Å². The van der Waals surface area contributed by atoms with E-state index < -0.39 is 0 Å². The minimum absolute atomic E-state index is 0.133. The molecule has 1 aromatic carbocycles. The Morgan fingerprint density at radius 3 is 3.00 bits per heavy atom. The molecule has 1 heterocycles. The molecule has 2 bridgehead atoms. The standard InChI is InChI=1S/C9H8O2/c10-9-5-7-2-1-3-8(4-7)6-11-9/h1-4H,5-6H2. The van der Waals surface area contributed by atoms with Crippen LogP contribution in [0.4, 0.5) is 0 Å². The summed E-state index contributed by atoms with van der Waals surface area (Å²) in [4.78, 5) is 10.9. The van der Waals surface area contributed by atoms with Crippen LogP contribution in [0, 0.1) is 0 Å². The Morgan fingerprint density at radius 1 is 1.27 bits per heavy atom. The second kappa shape index (κ2) is 2.38. The van der Waals surface area contributed by atoms with Crippen LogP contribution in [0.1, 0.15) is 11.1 Å². The third kappa shape index (κ3) is 1.24. The number of carbonyl (C=O) groups excluding carboxylic acids is 1. The van der Waals surface area contributed by atoms with Crippen LogP contribution in [-0.2, 0) is 22.6 Å². The highest BCUT2D eigenvalue weighted by Gasteiger charge is 2.09. The largest absolute Gasteiger partial charge is 0.461 e. The minimum Gasteiger partial charge on any atom is -0.461 e. The SMILES string of the molecule is O=C1Cc2cccc(c2)CO1. The zero-order chi connectivity index (χ0) is 7.68. The number of hydrogen-bond acceptors (Lipinski definition) is 2. The summed E-state index contributed by atoms with van der Waals surface area (Å²) in [6, 6.07) is 7.86. The molecule has 1 aliphatic heterocycles. The topological polar surface area (TPSA) is 26.3 Å². The molecule has 2 rings (SSSR count). The van der Waals surface area contributed by atoms with Crippen molar-refractivity contribution in [2.45, 2.75) is 13.0 Å². The fourth-order valence-corrected chi connectivity index (χ4v) is 1.21. The lowest BCUT2D eigenvalue weighted by Gasteiger charge is -1.96. The molecular formula is C9H8O2. The number of ether oxygens (including phenoxy) is 1. The van der Waals surface area contributed by atoms with Gasteiger partial charge in [-0.25, -0.2) is 0 Å². The molecule has 2 nitrogen and oxygen atoms in total. The molecule has 0 N–H and O–H groups in total. The quantitative estimate of drug-likeness (QED) is 0.518. The Bertz CT molecular complexity index is 291. The van der Waals surface area contributed by atoms with E-state index in [1.807, 2.05) is 24.3 Å². The van der Waals surface area contributed by atoms with Crippen LogP contribution >= 0.6 is 0 Å². The molecular weight excluding hydrogens is 140 g/mol. The molecule has 1 aliphatic rings. The first kappa shape index (κ1) is 6.40. The molecule has 56 valence electrons. The zero-order valence-electron chi connectivity index (χ0n) is 6.04. The summed E-state index contributed by atoms with van der Waals surface area (Å²) in [5.41, 5.74) is 2.12. The van der Waals surface area contributed by atoms with Crippen LogP contribution in [0.5, 0.6) is 0 Å². The zero-order valence-corrected chi connectivity index (χ0v) is 6.04. The summed E-state index contributed by atoms with van der Waals surface area (Å²) in [7, 11) is 0. The van der Waals surface area contributed by atoms with E-state index in [0.717, 1.165) is 11.1 Å². The average molecular weight is 148 g/mol. The van der Waals surface area contributed by atoms with E-state index in [-0.39, 0.29) is 5.97 Å². The highest BCUT2D eigenvalue weighted by molar-refractivity contribution is 5.73. The maximum atomic E-state index is 10.9. The summed E-state index contributed by atoms with van der Waals surface area (Å²) in [5, 5.41) is 0. The molecule has 0 atom stereocenters. The van der Waals surface area contributed by atoms with Gasteiger partial charge in [0.2, 0.25) is 0 Å². The Kier molecular flexibility index (Phi) is 1.39. The van der Waals surface area contributed by atoms with Gasteiger partial charge >= 0.3 is 5.97 Å². The summed E-state index contributed by atoms with van der Waals surface area (Å²) in [5.74, 6) is -0.133. The van der Waals surface area contributed by atoms with Gasteiger partial charge in [0, 0.05) is 0 Å². The minimum atomic E-state index is -0.133.